The fraction of sp³-hybridized carbons (Fsp3) is 0.200. The molecule has 1 N–H and O–H groups in total. The van der Waals surface area contributed by atoms with Crippen LogP contribution in [0.1, 0.15) is 16.7 Å². The summed E-state index contributed by atoms with van der Waals surface area (Å²) in [7, 11) is -3.72. The van der Waals surface area contributed by atoms with Crippen molar-refractivity contribution < 1.29 is 13.3 Å². The van der Waals surface area contributed by atoms with Crippen molar-refractivity contribution >= 4 is 27.3 Å². The first-order valence-electron chi connectivity index (χ1n) is 6.73. The minimum atomic E-state index is -3.72. The van der Waals surface area contributed by atoms with Gasteiger partial charge in [0.25, 0.3) is 5.69 Å². The Labute approximate surface area is 139 Å². The van der Waals surface area contributed by atoms with Crippen LogP contribution in [0.2, 0.25) is 5.02 Å². The zero-order valence-corrected chi connectivity index (χ0v) is 13.9. The standard InChI is InChI=1S/C15H15ClN2O4S/c1-11-6-7-14(16)8-13(11)9-17-23(21,22)10-12-4-2-3-5-15(12)18(19)20/h2-8,17H,9-10H2,1H3. The molecule has 0 radical (unpaired) electrons. The molecule has 2 rings (SSSR count). The summed E-state index contributed by atoms with van der Waals surface area (Å²) in [6, 6.07) is 11.0. The number of para-hydroxylation sites is 1. The first-order chi connectivity index (χ1) is 10.8. The van der Waals surface area contributed by atoms with Gasteiger partial charge in [-0.25, -0.2) is 13.1 Å². The van der Waals surface area contributed by atoms with Gasteiger partial charge < -0.3 is 0 Å². The number of sulfonamides is 1. The molecule has 2 aromatic rings. The molecular weight excluding hydrogens is 340 g/mol. The van der Waals surface area contributed by atoms with Gasteiger partial charge in [-0.3, -0.25) is 10.1 Å². The number of nitro benzene ring substituents is 1. The maximum atomic E-state index is 12.2. The Hall–Kier alpha value is -1.96. The Morgan fingerprint density at radius 1 is 1.17 bits per heavy atom. The second-order valence-corrected chi connectivity index (χ2v) is 7.28. The van der Waals surface area contributed by atoms with Crippen molar-refractivity contribution in [2.24, 2.45) is 0 Å². The normalized spacial score (nSPS) is 11.4. The van der Waals surface area contributed by atoms with Gasteiger partial charge in [0.1, 0.15) is 0 Å². The van der Waals surface area contributed by atoms with Crippen LogP contribution in [0.3, 0.4) is 0 Å². The summed E-state index contributed by atoms with van der Waals surface area (Å²) in [4.78, 5) is 10.4. The average molecular weight is 355 g/mol. The van der Waals surface area contributed by atoms with Crippen molar-refractivity contribution in [3.05, 3.63) is 74.3 Å². The number of aryl methyl sites for hydroxylation is 1. The third-order valence-corrected chi connectivity index (χ3v) is 4.84. The largest absolute Gasteiger partial charge is 0.273 e. The minimum absolute atomic E-state index is 0.0787. The number of hydrogen-bond donors (Lipinski definition) is 1. The van der Waals surface area contributed by atoms with E-state index < -0.39 is 20.7 Å². The highest BCUT2D eigenvalue weighted by molar-refractivity contribution is 7.88. The van der Waals surface area contributed by atoms with Gasteiger partial charge in [-0.1, -0.05) is 35.9 Å². The number of halogens is 1. The van der Waals surface area contributed by atoms with Gasteiger partial charge in [-0.15, -0.1) is 0 Å². The van der Waals surface area contributed by atoms with Gasteiger partial charge >= 0.3 is 0 Å². The van der Waals surface area contributed by atoms with Gasteiger partial charge in [0, 0.05) is 23.2 Å². The van der Waals surface area contributed by atoms with Crippen LogP contribution in [0.5, 0.6) is 0 Å². The lowest BCUT2D eigenvalue weighted by molar-refractivity contribution is -0.385. The molecule has 8 heteroatoms. The molecule has 0 unspecified atom stereocenters. The van der Waals surface area contributed by atoms with E-state index >= 15 is 0 Å². The van der Waals surface area contributed by atoms with E-state index in [0.717, 1.165) is 11.1 Å². The Morgan fingerprint density at radius 3 is 2.57 bits per heavy atom. The fourth-order valence-electron chi connectivity index (χ4n) is 2.08. The van der Waals surface area contributed by atoms with Gasteiger partial charge in [0.05, 0.1) is 10.7 Å². The molecule has 0 saturated heterocycles. The second-order valence-electron chi connectivity index (χ2n) is 5.04. The van der Waals surface area contributed by atoms with E-state index in [0.29, 0.717) is 5.02 Å². The molecule has 0 aliphatic rings. The molecule has 2 aromatic carbocycles. The Bertz CT molecular complexity index is 837. The van der Waals surface area contributed by atoms with Crippen LogP contribution in [0, 0.1) is 17.0 Å². The first-order valence-corrected chi connectivity index (χ1v) is 8.76. The summed E-state index contributed by atoms with van der Waals surface area (Å²) in [6.07, 6.45) is 0. The summed E-state index contributed by atoms with van der Waals surface area (Å²) in [5, 5.41) is 11.5. The second kappa shape index (κ2) is 7.08. The van der Waals surface area contributed by atoms with E-state index in [9.17, 15) is 18.5 Å². The summed E-state index contributed by atoms with van der Waals surface area (Å²) in [5.41, 5.74) is 1.59. The smallest absolute Gasteiger partial charge is 0.258 e. The predicted octanol–water partition coefficient (Wildman–Crippen LogP) is 3.18. The highest BCUT2D eigenvalue weighted by Gasteiger charge is 2.19. The third kappa shape index (κ3) is 4.75. The summed E-state index contributed by atoms with van der Waals surface area (Å²) in [6.45, 7) is 1.93. The molecule has 0 aromatic heterocycles. The van der Waals surface area contributed by atoms with Gasteiger partial charge in [0.2, 0.25) is 10.0 Å². The Kier molecular flexibility index (Phi) is 5.35. The molecule has 0 aliphatic carbocycles. The van der Waals surface area contributed by atoms with E-state index in [1.807, 2.05) is 6.92 Å². The molecule has 23 heavy (non-hydrogen) atoms. The van der Waals surface area contributed by atoms with Crippen molar-refractivity contribution in [3.63, 3.8) is 0 Å². The maximum absolute atomic E-state index is 12.2. The molecule has 0 atom stereocenters. The van der Waals surface area contributed by atoms with E-state index in [-0.39, 0.29) is 17.8 Å². The quantitative estimate of drug-likeness (QED) is 0.637. The maximum Gasteiger partial charge on any atom is 0.273 e. The van der Waals surface area contributed by atoms with Crippen molar-refractivity contribution in [2.75, 3.05) is 0 Å². The zero-order chi connectivity index (χ0) is 17.0. The monoisotopic (exact) mass is 354 g/mol. The van der Waals surface area contributed by atoms with Crippen molar-refractivity contribution in [1.29, 1.82) is 0 Å². The van der Waals surface area contributed by atoms with Crippen LogP contribution in [0.15, 0.2) is 42.5 Å². The molecule has 0 bridgehead atoms. The summed E-state index contributed by atoms with van der Waals surface area (Å²) in [5.74, 6) is -0.455. The van der Waals surface area contributed by atoms with Crippen molar-refractivity contribution in [1.82, 2.24) is 4.72 Å². The molecule has 122 valence electrons. The lowest BCUT2D eigenvalue weighted by Crippen LogP contribution is -2.25. The highest BCUT2D eigenvalue weighted by atomic mass is 35.5. The van der Waals surface area contributed by atoms with Crippen molar-refractivity contribution in [2.45, 2.75) is 19.2 Å². The topological polar surface area (TPSA) is 89.3 Å². The number of nitrogens with zero attached hydrogens (tertiary/aromatic N) is 1. The van der Waals surface area contributed by atoms with Gasteiger partial charge in [-0.05, 0) is 30.2 Å². The summed E-state index contributed by atoms with van der Waals surface area (Å²) < 4.78 is 26.8. The minimum Gasteiger partial charge on any atom is -0.258 e. The zero-order valence-electron chi connectivity index (χ0n) is 12.3. The molecule has 0 saturated carbocycles. The van der Waals surface area contributed by atoms with E-state index in [4.69, 9.17) is 11.6 Å². The SMILES string of the molecule is Cc1ccc(Cl)cc1CNS(=O)(=O)Cc1ccccc1[N+](=O)[O-]. The van der Waals surface area contributed by atoms with Crippen LogP contribution in [-0.2, 0) is 22.3 Å². The number of hydrogen-bond acceptors (Lipinski definition) is 4. The molecule has 0 fully saturated rings. The van der Waals surface area contributed by atoms with E-state index in [2.05, 4.69) is 4.72 Å². The predicted molar refractivity (Wildman–Crippen MR) is 88.7 cm³/mol. The Balaban J connectivity index is 2.14. The summed E-state index contributed by atoms with van der Waals surface area (Å²) >= 11 is 5.90. The van der Waals surface area contributed by atoms with Crippen LogP contribution >= 0.6 is 11.6 Å². The Morgan fingerprint density at radius 2 is 1.87 bits per heavy atom. The molecule has 0 aliphatic heterocycles. The van der Waals surface area contributed by atoms with Crippen molar-refractivity contribution in [3.8, 4) is 0 Å². The lowest BCUT2D eigenvalue weighted by Gasteiger charge is -2.09. The molecule has 0 amide bonds. The van der Waals surface area contributed by atoms with Crippen LogP contribution in [-0.4, -0.2) is 13.3 Å². The van der Waals surface area contributed by atoms with Crippen LogP contribution in [0.4, 0.5) is 5.69 Å². The molecule has 0 heterocycles. The van der Waals surface area contributed by atoms with Crippen LogP contribution in [0.25, 0.3) is 0 Å². The molecular formula is C15H15ClN2O4S. The van der Waals surface area contributed by atoms with Crippen LogP contribution < -0.4 is 4.72 Å². The molecule has 0 spiro atoms. The van der Waals surface area contributed by atoms with E-state index in [1.54, 1.807) is 24.3 Å². The average Bonchev–Trinajstić information content (AvgIpc) is 2.48. The fourth-order valence-corrected chi connectivity index (χ4v) is 3.41. The molecule has 6 nitrogen and oxygen atoms in total. The first kappa shape index (κ1) is 17.4. The number of nitrogens with one attached hydrogen (secondary N) is 1. The number of benzene rings is 2. The van der Waals surface area contributed by atoms with Gasteiger partial charge in [0.15, 0.2) is 0 Å². The van der Waals surface area contributed by atoms with Gasteiger partial charge in [-0.2, -0.15) is 0 Å². The lowest BCUT2D eigenvalue weighted by atomic mass is 10.1. The highest BCUT2D eigenvalue weighted by Crippen LogP contribution is 2.20. The number of rotatable bonds is 6. The number of nitro groups is 1. The van der Waals surface area contributed by atoms with E-state index in [1.165, 1.54) is 18.2 Å². The third-order valence-electron chi connectivity index (χ3n) is 3.33.